The highest BCUT2D eigenvalue weighted by Gasteiger charge is 2.46. The third kappa shape index (κ3) is 9.08. The molecular weight excluding hydrogens is 426 g/mol. The van der Waals surface area contributed by atoms with Gasteiger partial charge in [-0.25, -0.2) is 8.42 Å². The summed E-state index contributed by atoms with van der Waals surface area (Å²) in [6.07, 6.45) is 9.49. The topological polar surface area (TPSA) is 125 Å². The first kappa shape index (κ1) is 25.5. The summed E-state index contributed by atoms with van der Waals surface area (Å²) in [4.78, 5) is 34.9. The fourth-order valence-electron chi connectivity index (χ4n) is 4.10. The van der Waals surface area contributed by atoms with Crippen LogP contribution >= 0.6 is 0 Å². The minimum atomic E-state index is -3.54. The van der Waals surface area contributed by atoms with Gasteiger partial charge in [0.2, 0.25) is 15.9 Å². The van der Waals surface area contributed by atoms with Crippen LogP contribution in [-0.2, 0) is 38.6 Å². The van der Waals surface area contributed by atoms with Crippen molar-refractivity contribution in [1.29, 1.82) is 0 Å². The molecule has 1 heterocycles. The molecule has 1 saturated carbocycles. The highest BCUT2D eigenvalue weighted by Crippen LogP contribution is 2.39. The zero-order chi connectivity index (χ0) is 22.9. The van der Waals surface area contributed by atoms with Crippen molar-refractivity contribution in [3.05, 3.63) is 12.2 Å². The molecule has 1 aliphatic carbocycles. The number of hydrogen-bond acceptors (Lipinski definition) is 8. The summed E-state index contributed by atoms with van der Waals surface area (Å²) in [6.45, 7) is 1.99. The molecule has 0 spiro atoms. The number of ether oxygens (including phenoxy) is 3. The van der Waals surface area contributed by atoms with Gasteiger partial charge in [0.1, 0.15) is 12.4 Å². The van der Waals surface area contributed by atoms with Crippen LogP contribution in [0.3, 0.4) is 0 Å². The van der Waals surface area contributed by atoms with Crippen LogP contribution in [0.2, 0.25) is 0 Å². The average Bonchev–Trinajstić information content (AvgIpc) is 2.99. The van der Waals surface area contributed by atoms with E-state index in [1.807, 2.05) is 16.9 Å². The maximum Gasteiger partial charge on any atom is 0.302 e. The molecule has 1 amide bonds. The third-order valence-corrected chi connectivity index (χ3v) is 6.05. The van der Waals surface area contributed by atoms with Gasteiger partial charge in [-0.05, 0) is 38.5 Å². The van der Waals surface area contributed by atoms with Crippen LogP contribution < -0.4 is 4.72 Å². The van der Waals surface area contributed by atoms with Crippen LogP contribution in [0, 0.1) is 11.8 Å². The lowest BCUT2D eigenvalue weighted by molar-refractivity contribution is -0.195. The summed E-state index contributed by atoms with van der Waals surface area (Å²) in [5.41, 5.74) is 0. The molecule has 5 atom stereocenters. The largest absolute Gasteiger partial charge is 0.462 e. The fourth-order valence-corrected chi connectivity index (χ4v) is 4.62. The molecule has 9 nitrogen and oxygen atoms in total. The van der Waals surface area contributed by atoms with Gasteiger partial charge in [-0.3, -0.25) is 14.3 Å². The van der Waals surface area contributed by atoms with Gasteiger partial charge in [-0.2, -0.15) is 0 Å². The Morgan fingerprint density at radius 1 is 1.19 bits per heavy atom. The number of esters is 1. The highest BCUT2D eigenvalue weighted by molar-refractivity contribution is 7.89. The van der Waals surface area contributed by atoms with Gasteiger partial charge in [0, 0.05) is 38.2 Å². The molecule has 0 aromatic carbocycles. The Kier molecular flexibility index (Phi) is 10.1. The summed E-state index contributed by atoms with van der Waals surface area (Å²) in [6, 6.07) is 0. The summed E-state index contributed by atoms with van der Waals surface area (Å²) in [7, 11) is -3.54. The normalized spacial score (nSPS) is 29.0. The summed E-state index contributed by atoms with van der Waals surface area (Å²) >= 11 is 0. The van der Waals surface area contributed by atoms with Gasteiger partial charge in [-0.15, -0.1) is 0 Å². The van der Waals surface area contributed by atoms with E-state index in [9.17, 15) is 22.8 Å². The van der Waals surface area contributed by atoms with Crippen molar-refractivity contribution in [2.24, 2.45) is 11.8 Å². The molecule has 31 heavy (non-hydrogen) atoms. The molecular formula is C21H33NO8S. The Hall–Kier alpha value is -1.78. The highest BCUT2D eigenvalue weighted by atomic mass is 32.2. The van der Waals surface area contributed by atoms with Crippen molar-refractivity contribution in [3.63, 3.8) is 0 Å². The van der Waals surface area contributed by atoms with E-state index < -0.39 is 33.9 Å². The SMILES string of the molecule is CC(=O)OC1CC(OC2CCCCO2)C(C=O)C1C/C=C\CCCC(=O)NS(C)(=O)=O. The third-order valence-electron chi connectivity index (χ3n) is 5.45. The number of amides is 1. The number of rotatable bonds is 11. The van der Waals surface area contributed by atoms with Crippen LogP contribution in [-0.4, -0.2) is 57.9 Å². The lowest BCUT2D eigenvalue weighted by Gasteiger charge is -2.27. The molecule has 0 aromatic heterocycles. The lowest BCUT2D eigenvalue weighted by atomic mass is 9.91. The van der Waals surface area contributed by atoms with E-state index in [1.165, 1.54) is 6.92 Å². The van der Waals surface area contributed by atoms with Crippen LogP contribution in [0.1, 0.15) is 58.3 Å². The predicted octanol–water partition coefficient (Wildman–Crippen LogP) is 1.86. The van der Waals surface area contributed by atoms with Gasteiger partial charge in [0.15, 0.2) is 6.29 Å². The van der Waals surface area contributed by atoms with E-state index in [0.29, 0.717) is 32.3 Å². The molecule has 2 rings (SSSR count). The molecule has 5 unspecified atom stereocenters. The van der Waals surface area contributed by atoms with Crippen molar-refractivity contribution in [3.8, 4) is 0 Å². The predicted molar refractivity (Wildman–Crippen MR) is 112 cm³/mol. The van der Waals surface area contributed by atoms with E-state index in [4.69, 9.17) is 14.2 Å². The molecule has 2 fully saturated rings. The van der Waals surface area contributed by atoms with Gasteiger partial charge in [0.25, 0.3) is 0 Å². The zero-order valence-electron chi connectivity index (χ0n) is 18.2. The Balaban J connectivity index is 1.87. The second-order valence-corrected chi connectivity index (χ2v) is 9.88. The van der Waals surface area contributed by atoms with Crippen molar-refractivity contribution in [2.45, 2.75) is 76.8 Å². The van der Waals surface area contributed by atoms with Crippen LogP contribution in [0.4, 0.5) is 0 Å². The Morgan fingerprint density at radius 3 is 2.58 bits per heavy atom. The van der Waals surface area contributed by atoms with Gasteiger partial charge < -0.3 is 19.0 Å². The number of hydrogen-bond donors (Lipinski definition) is 1. The minimum Gasteiger partial charge on any atom is -0.462 e. The number of sulfonamides is 1. The van der Waals surface area contributed by atoms with Gasteiger partial charge >= 0.3 is 5.97 Å². The van der Waals surface area contributed by atoms with Crippen molar-refractivity contribution in [1.82, 2.24) is 4.72 Å². The van der Waals surface area contributed by atoms with E-state index in [2.05, 4.69) is 0 Å². The summed E-state index contributed by atoms with van der Waals surface area (Å²) < 4.78 is 41.1. The lowest BCUT2D eigenvalue weighted by Crippen LogP contribution is -2.32. The Bertz CT molecular complexity index is 744. The molecule has 176 valence electrons. The van der Waals surface area contributed by atoms with E-state index in [-0.39, 0.29) is 24.7 Å². The van der Waals surface area contributed by atoms with E-state index in [1.54, 1.807) is 0 Å². The summed E-state index contributed by atoms with van der Waals surface area (Å²) in [5, 5.41) is 0. The average molecular weight is 460 g/mol. The first-order chi connectivity index (χ1) is 14.7. The number of aldehydes is 1. The second kappa shape index (κ2) is 12.3. The smallest absolute Gasteiger partial charge is 0.302 e. The molecule has 1 aliphatic heterocycles. The number of unbranched alkanes of at least 4 members (excludes halogenated alkanes) is 1. The van der Waals surface area contributed by atoms with Crippen molar-refractivity contribution in [2.75, 3.05) is 12.9 Å². The summed E-state index contributed by atoms with van der Waals surface area (Å²) in [5.74, 6) is -1.53. The van der Waals surface area contributed by atoms with Crippen LogP contribution in [0.5, 0.6) is 0 Å². The molecule has 10 heteroatoms. The molecule has 0 radical (unpaired) electrons. The Morgan fingerprint density at radius 2 is 1.97 bits per heavy atom. The van der Waals surface area contributed by atoms with E-state index in [0.717, 1.165) is 31.8 Å². The molecule has 0 aromatic rings. The van der Waals surface area contributed by atoms with Crippen molar-refractivity contribution >= 4 is 28.2 Å². The first-order valence-corrected chi connectivity index (χ1v) is 12.6. The van der Waals surface area contributed by atoms with Gasteiger partial charge in [-0.1, -0.05) is 12.2 Å². The fraction of sp³-hybridized carbons (Fsp3) is 0.762. The number of carbonyl (C=O) groups is 3. The van der Waals surface area contributed by atoms with E-state index >= 15 is 0 Å². The second-order valence-electron chi connectivity index (χ2n) is 8.13. The standard InChI is InChI=1S/C21H33NO8S/c1-15(24)29-18-13-19(30-21-11-7-8-12-28-21)17(14-23)16(18)9-5-3-4-6-10-20(25)22-31(2,26)27/h3,5,14,16-19,21H,4,6-13H2,1-2H3,(H,22,25)/b5-3-. The number of carbonyl (C=O) groups excluding carboxylic acids is 3. The minimum absolute atomic E-state index is 0.102. The first-order valence-electron chi connectivity index (χ1n) is 10.7. The maximum absolute atomic E-state index is 11.8. The van der Waals surface area contributed by atoms with Crippen LogP contribution in [0.15, 0.2) is 12.2 Å². The van der Waals surface area contributed by atoms with Crippen LogP contribution in [0.25, 0.3) is 0 Å². The quantitative estimate of drug-likeness (QED) is 0.215. The molecule has 0 bridgehead atoms. The molecule has 1 N–H and O–H groups in total. The molecule has 1 saturated heterocycles. The van der Waals surface area contributed by atoms with Crippen molar-refractivity contribution < 1.29 is 37.0 Å². The number of nitrogens with one attached hydrogen (secondary N) is 1. The maximum atomic E-state index is 11.8. The number of allylic oxidation sites excluding steroid dienone is 2. The monoisotopic (exact) mass is 459 g/mol. The zero-order valence-corrected chi connectivity index (χ0v) is 19.0. The molecule has 2 aliphatic rings. The Labute approximate surface area is 183 Å². The van der Waals surface area contributed by atoms with Gasteiger partial charge in [0.05, 0.1) is 12.4 Å².